The first kappa shape index (κ1) is 18.6. The molecule has 1 aliphatic heterocycles. The smallest absolute Gasteiger partial charge is 0.165 e. The lowest BCUT2D eigenvalue weighted by Gasteiger charge is -2.17. The Bertz CT molecular complexity index is 1240. The van der Waals surface area contributed by atoms with E-state index in [0.29, 0.717) is 29.1 Å². The van der Waals surface area contributed by atoms with Crippen molar-refractivity contribution in [1.29, 1.82) is 0 Å². The molecule has 3 unspecified atom stereocenters. The fourth-order valence-corrected chi connectivity index (χ4v) is 3.87. The maximum Gasteiger partial charge on any atom is 0.165 e. The molecule has 9 heteroatoms. The maximum atomic E-state index is 13.6. The molecule has 0 saturated carbocycles. The van der Waals surface area contributed by atoms with E-state index in [1.54, 1.807) is 18.2 Å². The third-order valence-electron chi connectivity index (χ3n) is 5.57. The van der Waals surface area contributed by atoms with Gasteiger partial charge in [0.1, 0.15) is 36.4 Å². The van der Waals surface area contributed by atoms with Gasteiger partial charge < -0.3 is 25.5 Å². The van der Waals surface area contributed by atoms with Crippen LogP contribution in [0.1, 0.15) is 19.6 Å². The molecule has 0 radical (unpaired) electrons. The van der Waals surface area contributed by atoms with Crippen LogP contribution in [0, 0.1) is 11.7 Å². The molecule has 4 aromatic rings. The summed E-state index contributed by atoms with van der Waals surface area (Å²) in [4.78, 5) is 12.5. The molecular formula is C21H21FN6O2. The SMILES string of the molecule is CC1CC(n2ccc3c(N)ncnc32)OC1COc1ccc2cc(F)c(N)nc2c1. The maximum absolute atomic E-state index is 13.6. The van der Waals surface area contributed by atoms with Crippen molar-refractivity contribution in [3.05, 3.63) is 48.7 Å². The van der Waals surface area contributed by atoms with E-state index in [1.807, 2.05) is 16.8 Å². The number of nitrogens with zero attached hydrogens (tertiary/aromatic N) is 4. The van der Waals surface area contributed by atoms with Crippen molar-refractivity contribution in [2.75, 3.05) is 18.1 Å². The lowest BCUT2D eigenvalue weighted by molar-refractivity contribution is -0.0224. The highest BCUT2D eigenvalue weighted by molar-refractivity contribution is 5.86. The van der Waals surface area contributed by atoms with Crippen LogP contribution in [0.15, 0.2) is 42.9 Å². The van der Waals surface area contributed by atoms with Gasteiger partial charge in [-0.1, -0.05) is 6.92 Å². The minimum atomic E-state index is -0.528. The van der Waals surface area contributed by atoms with Gasteiger partial charge in [-0.05, 0) is 36.6 Å². The summed E-state index contributed by atoms with van der Waals surface area (Å²) < 4.78 is 27.8. The predicted octanol–water partition coefficient (Wildman–Crippen LogP) is 3.29. The van der Waals surface area contributed by atoms with E-state index in [-0.39, 0.29) is 24.1 Å². The summed E-state index contributed by atoms with van der Waals surface area (Å²) >= 11 is 0. The Morgan fingerprint density at radius 1 is 1.20 bits per heavy atom. The molecule has 1 fully saturated rings. The third kappa shape index (κ3) is 3.17. The number of anilines is 2. The minimum absolute atomic E-state index is 0.0893. The van der Waals surface area contributed by atoms with Crippen molar-refractivity contribution in [1.82, 2.24) is 19.5 Å². The van der Waals surface area contributed by atoms with Crippen LogP contribution in [0.2, 0.25) is 0 Å². The van der Waals surface area contributed by atoms with E-state index < -0.39 is 5.82 Å². The normalized spacial score (nSPS) is 21.5. The number of halogens is 1. The van der Waals surface area contributed by atoms with Crippen LogP contribution in [0.25, 0.3) is 21.9 Å². The van der Waals surface area contributed by atoms with Crippen molar-refractivity contribution in [2.45, 2.75) is 25.7 Å². The summed E-state index contributed by atoms with van der Waals surface area (Å²) in [7, 11) is 0. The van der Waals surface area contributed by atoms with E-state index in [4.69, 9.17) is 20.9 Å². The van der Waals surface area contributed by atoms with E-state index in [9.17, 15) is 4.39 Å². The van der Waals surface area contributed by atoms with Crippen molar-refractivity contribution >= 4 is 33.6 Å². The quantitative estimate of drug-likeness (QED) is 0.532. The van der Waals surface area contributed by atoms with Gasteiger partial charge in [-0.25, -0.2) is 19.3 Å². The summed E-state index contributed by atoms with van der Waals surface area (Å²) in [6.07, 6.45) is 3.97. The summed E-state index contributed by atoms with van der Waals surface area (Å²) in [5, 5.41) is 1.48. The highest BCUT2D eigenvalue weighted by atomic mass is 19.1. The zero-order valence-electron chi connectivity index (χ0n) is 16.3. The Kier molecular flexibility index (Phi) is 4.39. The number of aromatic nitrogens is 4. The number of fused-ring (bicyclic) bond motifs is 2. The molecule has 8 nitrogen and oxygen atoms in total. The standard InChI is InChI=1S/C21H21FN6O2/c1-11-6-18(28-5-4-14-19(23)25-10-26-21(14)28)30-17(11)9-29-13-3-2-12-7-15(22)20(24)27-16(12)8-13/h2-5,7-8,10-11,17-18H,6,9H2,1H3,(H2,24,27)(H2,23,25,26). The van der Waals surface area contributed by atoms with Crippen LogP contribution >= 0.6 is 0 Å². The number of hydrogen-bond donors (Lipinski definition) is 2. The summed E-state index contributed by atoms with van der Waals surface area (Å²) in [6, 6.07) is 8.57. The molecule has 3 aromatic heterocycles. The first-order valence-corrected chi connectivity index (χ1v) is 9.70. The lowest BCUT2D eigenvalue weighted by atomic mass is 10.0. The number of benzene rings is 1. The van der Waals surface area contributed by atoms with Crippen LogP contribution in [0.3, 0.4) is 0 Å². The molecule has 4 N–H and O–H groups in total. The van der Waals surface area contributed by atoms with Gasteiger partial charge in [0, 0.05) is 17.6 Å². The highest BCUT2D eigenvalue weighted by Crippen LogP contribution is 2.36. The Hall–Kier alpha value is -3.46. The zero-order valence-corrected chi connectivity index (χ0v) is 16.3. The number of ether oxygens (including phenoxy) is 2. The third-order valence-corrected chi connectivity index (χ3v) is 5.57. The molecule has 0 aliphatic carbocycles. The first-order chi connectivity index (χ1) is 14.5. The molecule has 1 saturated heterocycles. The second-order valence-corrected chi connectivity index (χ2v) is 7.58. The number of rotatable bonds is 4. The van der Waals surface area contributed by atoms with Crippen LogP contribution in [0.4, 0.5) is 16.0 Å². The van der Waals surface area contributed by atoms with Gasteiger partial charge in [-0.3, -0.25) is 0 Å². The molecule has 154 valence electrons. The van der Waals surface area contributed by atoms with Crippen LogP contribution in [-0.4, -0.2) is 32.2 Å². The van der Waals surface area contributed by atoms with Gasteiger partial charge in [0.2, 0.25) is 0 Å². The number of hydrogen-bond acceptors (Lipinski definition) is 7. The van der Waals surface area contributed by atoms with E-state index in [2.05, 4.69) is 21.9 Å². The topological polar surface area (TPSA) is 114 Å². The molecule has 1 aliphatic rings. The van der Waals surface area contributed by atoms with Crippen molar-refractivity contribution in [2.24, 2.45) is 5.92 Å². The average Bonchev–Trinajstić information content (AvgIpc) is 3.31. The van der Waals surface area contributed by atoms with Gasteiger partial charge in [-0.15, -0.1) is 0 Å². The molecule has 0 amide bonds. The van der Waals surface area contributed by atoms with Crippen LogP contribution < -0.4 is 16.2 Å². The molecule has 0 bridgehead atoms. The minimum Gasteiger partial charge on any atom is -0.491 e. The lowest BCUT2D eigenvalue weighted by Crippen LogP contribution is -2.23. The van der Waals surface area contributed by atoms with E-state index in [0.717, 1.165) is 17.5 Å². The number of pyridine rings is 1. The van der Waals surface area contributed by atoms with Gasteiger partial charge in [0.15, 0.2) is 11.6 Å². The van der Waals surface area contributed by atoms with Crippen LogP contribution in [0.5, 0.6) is 5.75 Å². The molecule has 5 rings (SSSR count). The average molecular weight is 408 g/mol. The zero-order chi connectivity index (χ0) is 20.8. The summed E-state index contributed by atoms with van der Waals surface area (Å²) in [5.74, 6) is 0.718. The fraction of sp³-hybridized carbons (Fsp3) is 0.286. The monoisotopic (exact) mass is 408 g/mol. The van der Waals surface area contributed by atoms with E-state index >= 15 is 0 Å². The fourth-order valence-electron chi connectivity index (χ4n) is 3.87. The molecule has 1 aromatic carbocycles. The second-order valence-electron chi connectivity index (χ2n) is 7.58. The molecular weight excluding hydrogens is 387 g/mol. The van der Waals surface area contributed by atoms with Gasteiger partial charge in [0.25, 0.3) is 0 Å². The van der Waals surface area contributed by atoms with Gasteiger partial charge in [0.05, 0.1) is 17.0 Å². The summed E-state index contributed by atoms with van der Waals surface area (Å²) in [5.41, 5.74) is 12.8. The van der Waals surface area contributed by atoms with Crippen LogP contribution in [-0.2, 0) is 4.74 Å². The molecule has 30 heavy (non-hydrogen) atoms. The largest absolute Gasteiger partial charge is 0.491 e. The first-order valence-electron chi connectivity index (χ1n) is 9.70. The Morgan fingerprint density at radius 3 is 2.93 bits per heavy atom. The molecule has 0 spiro atoms. The van der Waals surface area contributed by atoms with Crippen molar-refractivity contribution in [3.63, 3.8) is 0 Å². The number of nitrogens with two attached hydrogens (primary N) is 2. The van der Waals surface area contributed by atoms with Crippen molar-refractivity contribution in [3.8, 4) is 5.75 Å². The van der Waals surface area contributed by atoms with Crippen molar-refractivity contribution < 1.29 is 13.9 Å². The molecule has 3 atom stereocenters. The van der Waals surface area contributed by atoms with Gasteiger partial charge >= 0.3 is 0 Å². The Labute approximate surface area is 171 Å². The second kappa shape index (κ2) is 7.10. The van der Waals surface area contributed by atoms with E-state index in [1.165, 1.54) is 12.4 Å². The Morgan fingerprint density at radius 2 is 2.07 bits per heavy atom. The number of nitrogen functional groups attached to an aromatic ring is 2. The van der Waals surface area contributed by atoms with Gasteiger partial charge in [-0.2, -0.15) is 0 Å². The highest BCUT2D eigenvalue weighted by Gasteiger charge is 2.34. The molecule has 4 heterocycles. The Balaban J connectivity index is 1.31. The summed E-state index contributed by atoms with van der Waals surface area (Å²) in [6.45, 7) is 2.52. The predicted molar refractivity (Wildman–Crippen MR) is 111 cm³/mol.